The molecule has 4 heteroatoms. The van der Waals surface area contributed by atoms with E-state index in [0.717, 1.165) is 38.8 Å². The Balaban J connectivity index is 2.36. The lowest BCUT2D eigenvalue weighted by Gasteiger charge is -2.32. The first-order valence-electron chi connectivity index (χ1n) is 7.67. The average Bonchev–Trinajstić information content (AvgIpc) is 2.45. The van der Waals surface area contributed by atoms with Gasteiger partial charge in [-0.1, -0.05) is 19.1 Å². The lowest BCUT2D eigenvalue weighted by molar-refractivity contribution is -0.132. The smallest absolute Gasteiger partial charge is 0.226 e. The number of carbonyl (C=O) groups excluding carboxylic acids is 2. The van der Waals surface area contributed by atoms with Crippen molar-refractivity contribution in [2.45, 2.75) is 45.4 Å². The fourth-order valence-electron chi connectivity index (χ4n) is 2.56. The molecular weight excluding hydrogens is 252 g/mol. The Hall–Kier alpha value is -1.32. The first-order chi connectivity index (χ1) is 9.54. The van der Waals surface area contributed by atoms with Crippen LogP contribution in [0.5, 0.6) is 0 Å². The number of likely N-dealkylation sites (tertiary alicyclic amines) is 1. The highest BCUT2D eigenvalue weighted by Gasteiger charge is 2.23. The number of piperidine rings is 1. The first-order valence-corrected chi connectivity index (χ1v) is 7.67. The van der Waals surface area contributed by atoms with Crippen LogP contribution in [0.3, 0.4) is 0 Å². The largest absolute Gasteiger partial charge is 0.349 e. The summed E-state index contributed by atoms with van der Waals surface area (Å²) in [5, 5.41) is 0. The van der Waals surface area contributed by atoms with E-state index in [1.165, 1.54) is 0 Å². The van der Waals surface area contributed by atoms with Gasteiger partial charge in [-0.3, -0.25) is 9.59 Å². The molecule has 4 nitrogen and oxygen atoms in total. The minimum Gasteiger partial charge on any atom is -0.349 e. The minimum atomic E-state index is 0.180. The van der Waals surface area contributed by atoms with Crippen LogP contribution in [-0.2, 0) is 9.59 Å². The molecule has 114 valence electrons. The monoisotopic (exact) mass is 280 g/mol. The number of allylic oxidation sites excluding steroid dienone is 1. The number of hydrogen-bond acceptors (Lipinski definition) is 2. The van der Waals surface area contributed by atoms with Crippen LogP contribution in [-0.4, -0.2) is 48.8 Å². The van der Waals surface area contributed by atoms with E-state index in [1.807, 2.05) is 17.1 Å². The van der Waals surface area contributed by atoms with Gasteiger partial charge in [-0.05, 0) is 31.6 Å². The molecule has 1 atom stereocenters. The second-order valence-corrected chi connectivity index (χ2v) is 5.76. The molecule has 1 saturated heterocycles. The van der Waals surface area contributed by atoms with Gasteiger partial charge in [0.25, 0.3) is 0 Å². The van der Waals surface area contributed by atoms with Crippen molar-refractivity contribution in [3.63, 3.8) is 0 Å². The van der Waals surface area contributed by atoms with E-state index in [4.69, 9.17) is 0 Å². The van der Waals surface area contributed by atoms with E-state index >= 15 is 0 Å². The Kier molecular flexibility index (Phi) is 7.34. The highest BCUT2D eigenvalue weighted by atomic mass is 16.2. The van der Waals surface area contributed by atoms with Gasteiger partial charge in [0.15, 0.2) is 0 Å². The van der Waals surface area contributed by atoms with Crippen molar-refractivity contribution in [3.05, 3.63) is 12.2 Å². The summed E-state index contributed by atoms with van der Waals surface area (Å²) in [4.78, 5) is 27.3. The summed E-state index contributed by atoms with van der Waals surface area (Å²) in [6, 6.07) is 0. The second-order valence-electron chi connectivity index (χ2n) is 5.76. The van der Waals surface area contributed by atoms with Crippen molar-refractivity contribution in [1.29, 1.82) is 0 Å². The molecule has 0 spiro atoms. The maximum atomic E-state index is 12.1. The van der Waals surface area contributed by atoms with E-state index in [9.17, 15) is 9.59 Å². The van der Waals surface area contributed by atoms with E-state index in [-0.39, 0.29) is 11.8 Å². The van der Waals surface area contributed by atoms with Crippen LogP contribution >= 0.6 is 0 Å². The van der Waals surface area contributed by atoms with Gasteiger partial charge in [0.2, 0.25) is 11.8 Å². The van der Waals surface area contributed by atoms with Crippen LogP contribution in [0.2, 0.25) is 0 Å². The maximum Gasteiger partial charge on any atom is 0.226 e. The highest BCUT2D eigenvalue weighted by Crippen LogP contribution is 2.21. The van der Waals surface area contributed by atoms with Gasteiger partial charge in [-0.2, -0.15) is 0 Å². The Bertz CT molecular complexity index is 350. The molecule has 1 fully saturated rings. The molecule has 0 aromatic rings. The molecule has 0 saturated carbocycles. The molecule has 1 heterocycles. The van der Waals surface area contributed by atoms with Gasteiger partial charge in [-0.15, -0.1) is 0 Å². The van der Waals surface area contributed by atoms with E-state index in [2.05, 4.69) is 6.92 Å². The molecule has 0 bridgehead atoms. The van der Waals surface area contributed by atoms with Gasteiger partial charge in [0.1, 0.15) is 0 Å². The standard InChI is InChI=1S/C16H28N2O2/c1-4-5-6-9-16(20)18-12-7-8-14(13-18)10-11-15(19)17(2)3/h5-6,14H,4,7-13H2,1-3H3/b6-5+/t14-/m1/s1. The summed E-state index contributed by atoms with van der Waals surface area (Å²) >= 11 is 0. The molecule has 20 heavy (non-hydrogen) atoms. The number of rotatable bonds is 6. The third kappa shape index (κ3) is 5.76. The van der Waals surface area contributed by atoms with Crippen molar-refractivity contribution in [3.8, 4) is 0 Å². The summed E-state index contributed by atoms with van der Waals surface area (Å²) in [5.41, 5.74) is 0. The normalized spacial score (nSPS) is 19.4. The molecule has 0 unspecified atom stereocenters. The van der Waals surface area contributed by atoms with Crippen LogP contribution in [0.15, 0.2) is 12.2 Å². The lowest BCUT2D eigenvalue weighted by Crippen LogP contribution is -2.40. The van der Waals surface area contributed by atoms with Crippen molar-refractivity contribution < 1.29 is 9.59 Å². The van der Waals surface area contributed by atoms with Gasteiger partial charge in [-0.25, -0.2) is 0 Å². The van der Waals surface area contributed by atoms with Crippen LogP contribution < -0.4 is 0 Å². The first kappa shape index (κ1) is 16.7. The molecule has 0 aliphatic carbocycles. The zero-order valence-electron chi connectivity index (χ0n) is 13.1. The Morgan fingerprint density at radius 3 is 2.70 bits per heavy atom. The molecule has 1 rings (SSSR count). The van der Waals surface area contributed by atoms with Crippen LogP contribution in [0, 0.1) is 5.92 Å². The summed E-state index contributed by atoms with van der Waals surface area (Å²) < 4.78 is 0. The summed E-state index contributed by atoms with van der Waals surface area (Å²) in [6.45, 7) is 3.76. The van der Waals surface area contributed by atoms with E-state index in [1.54, 1.807) is 19.0 Å². The predicted octanol–water partition coefficient (Wildman–Crippen LogP) is 2.45. The van der Waals surface area contributed by atoms with Gasteiger partial charge in [0.05, 0.1) is 0 Å². The van der Waals surface area contributed by atoms with E-state index in [0.29, 0.717) is 18.8 Å². The molecule has 1 aliphatic rings. The van der Waals surface area contributed by atoms with Crippen LogP contribution in [0.1, 0.15) is 45.4 Å². The number of nitrogens with zero attached hydrogens (tertiary/aromatic N) is 2. The molecule has 0 aromatic heterocycles. The molecular formula is C16H28N2O2. The zero-order chi connectivity index (χ0) is 15.0. The number of amides is 2. The molecule has 0 aromatic carbocycles. The number of carbonyl (C=O) groups is 2. The SMILES string of the molecule is CC/C=C/CC(=O)N1CCC[C@H](CCC(=O)N(C)C)C1. The fraction of sp³-hybridized carbons (Fsp3) is 0.750. The molecule has 1 aliphatic heterocycles. The molecule has 0 radical (unpaired) electrons. The third-order valence-corrected chi connectivity index (χ3v) is 3.83. The Labute approximate surface area is 122 Å². The topological polar surface area (TPSA) is 40.6 Å². The second kappa shape index (κ2) is 8.77. The lowest BCUT2D eigenvalue weighted by atomic mass is 9.93. The summed E-state index contributed by atoms with van der Waals surface area (Å²) in [6.07, 6.45) is 9.16. The zero-order valence-corrected chi connectivity index (χ0v) is 13.1. The predicted molar refractivity (Wildman–Crippen MR) is 81.3 cm³/mol. The maximum absolute atomic E-state index is 12.1. The van der Waals surface area contributed by atoms with Gasteiger partial charge >= 0.3 is 0 Å². The molecule has 0 N–H and O–H groups in total. The molecule has 2 amide bonds. The van der Waals surface area contributed by atoms with Gasteiger partial charge in [0, 0.05) is 40.0 Å². The van der Waals surface area contributed by atoms with E-state index < -0.39 is 0 Å². The van der Waals surface area contributed by atoms with Crippen molar-refractivity contribution in [2.75, 3.05) is 27.2 Å². The quantitative estimate of drug-likeness (QED) is 0.701. The average molecular weight is 280 g/mol. The van der Waals surface area contributed by atoms with Crippen molar-refractivity contribution in [1.82, 2.24) is 9.80 Å². The highest BCUT2D eigenvalue weighted by molar-refractivity contribution is 5.78. The van der Waals surface area contributed by atoms with Crippen molar-refractivity contribution >= 4 is 11.8 Å². The Morgan fingerprint density at radius 2 is 2.05 bits per heavy atom. The van der Waals surface area contributed by atoms with Gasteiger partial charge < -0.3 is 9.80 Å². The van der Waals surface area contributed by atoms with Crippen molar-refractivity contribution in [2.24, 2.45) is 5.92 Å². The summed E-state index contributed by atoms with van der Waals surface area (Å²) in [5.74, 6) is 0.879. The van der Waals surface area contributed by atoms with Crippen LogP contribution in [0.4, 0.5) is 0 Å². The number of hydrogen-bond donors (Lipinski definition) is 0. The summed E-state index contributed by atoms with van der Waals surface area (Å²) in [7, 11) is 3.58. The fourth-order valence-corrected chi connectivity index (χ4v) is 2.56. The minimum absolute atomic E-state index is 0.180. The van der Waals surface area contributed by atoms with Crippen LogP contribution in [0.25, 0.3) is 0 Å². The third-order valence-electron chi connectivity index (χ3n) is 3.83. The Morgan fingerprint density at radius 1 is 1.30 bits per heavy atom.